The Morgan fingerprint density at radius 2 is 2.40 bits per heavy atom. The van der Waals surface area contributed by atoms with E-state index in [0.29, 0.717) is 0 Å². The number of hydrogen-bond acceptors (Lipinski definition) is 2. The molecule has 1 aromatic rings. The molecule has 0 aliphatic heterocycles. The molecular weight excluding hydrogens is 144 g/mol. The molecule has 0 bridgehead atoms. The Hall–Kier alpha value is -0.630. The molecule has 0 amide bonds. The Bertz CT molecular complexity index is 203. The molecule has 1 rings (SSSR count). The van der Waals surface area contributed by atoms with Crippen molar-refractivity contribution < 1.29 is 4.79 Å². The van der Waals surface area contributed by atoms with Gasteiger partial charge in [-0.2, -0.15) is 0 Å². The van der Waals surface area contributed by atoms with Gasteiger partial charge in [0.15, 0.2) is 6.29 Å². The van der Waals surface area contributed by atoms with E-state index in [4.69, 9.17) is 0 Å². The minimum absolute atomic E-state index is 0. The van der Waals surface area contributed by atoms with E-state index in [0.717, 1.165) is 17.6 Å². The number of aldehydes is 1. The Balaban J connectivity index is 0.000000810. The summed E-state index contributed by atoms with van der Waals surface area (Å²) in [4.78, 5) is 11.0. The fourth-order valence-electron chi connectivity index (χ4n) is 0.642. The third-order valence-corrected chi connectivity index (χ3v) is 2.11. The van der Waals surface area contributed by atoms with Crippen LogP contribution in [0.15, 0.2) is 11.4 Å². The van der Waals surface area contributed by atoms with Crippen LogP contribution in [0.1, 0.15) is 29.6 Å². The van der Waals surface area contributed by atoms with Crippen molar-refractivity contribution in [1.82, 2.24) is 0 Å². The molecular formula is C8H12OS. The average molecular weight is 156 g/mol. The van der Waals surface area contributed by atoms with Gasteiger partial charge in [-0.1, -0.05) is 14.4 Å². The van der Waals surface area contributed by atoms with Gasteiger partial charge >= 0.3 is 0 Å². The highest BCUT2D eigenvalue weighted by molar-refractivity contribution is 7.11. The van der Waals surface area contributed by atoms with Crippen molar-refractivity contribution >= 4 is 17.6 Å². The Kier molecular flexibility index (Phi) is 3.96. The van der Waals surface area contributed by atoms with Gasteiger partial charge in [0.25, 0.3) is 0 Å². The highest BCUT2D eigenvalue weighted by atomic mass is 32.1. The molecule has 0 radical (unpaired) electrons. The fraction of sp³-hybridized carbons (Fsp3) is 0.375. The lowest BCUT2D eigenvalue weighted by molar-refractivity contribution is 0.112. The fourth-order valence-corrected chi connectivity index (χ4v) is 1.44. The summed E-state index contributed by atoms with van der Waals surface area (Å²) in [7, 11) is 0. The summed E-state index contributed by atoms with van der Waals surface area (Å²) in [5, 5.41) is 2.02. The van der Waals surface area contributed by atoms with Crippen molar-refractivity contribution in [2.75, 3.05) is 0 Å². The second-order valence-corrected chi connectivity index (χ2v) is 2.77. The SMILES string of the molecule is C.CCc1csc(C=O)c1. The van der Waals surface area contributed by atoms with Crippen molar-refractivity contribution in [3.05, 3.63) is 21.9 Å². The molecule has 1 nitrogen and oxygen atoms in total. The topological polar surface area (TPSA) is 17.1 Å². The van der Waals surface area contributed by atoms with Crippen molar-refractivity contribution in [3.8, 4) is 0 Å². The molecule has 0 saturated carbocycles. The van der Waals surface area contributed by atoms with Crippen LogP contribution in [0.3, 0.4) is 0 Å². The van der Waals surface area contributed by atoms with Gasteiger partial charge in [-0.25, -0.2) is 0 Å². The molecule has 1 heterocycles. The number of rotatable bonds is 2. The van der Waals surface area contributed by atoms with E-state index < -0.39 is 0 Å². The van der Waals surface area contributed by atoms with E-state index in [-0.39, 0.29) is 7.43 Å². The van der Waals surface area contributed by atoms with Crippen LogP contribution in [0.25, 0.3) is 0 Å². The molecule has 2 heteroatoms. The lowest BCUT2D eigenvalue weighted by atomic mass is 10.2. The van der Waals surface area contributed by atoms with Gasteiger partial charge in [-0.05, 0) is 23.4 Å². The predicted octanol–water partition coefficient (Wildman–Crippen LogP) is 2.76. The smallest absolute Gasteiger partial charge is 0.160 e. The minimum atomic E-state index is 0. The Morgan fingerprint density at radius 1 is 1.70 bits per heavy atom. The first-order valence-corrected chi connectivity index (χ1v) is 3.77. The minimum Gasteiger partial charge on any atom is -0.297 e. The molecule has 10 heavy (non-hydrogen) atoms. The summed E-state index contributed by atoms with van der Waals surface area (Å²) >= 11 is 1.51. The molecule has 0 saturated heterocycles. The van der Waals surface area contributed by atoms with E-state index in [1.807, 2.05) is 11.4 Å². The third-order valence-electron chi connectivity index (χ3n) is 1.20. The highest BCUT2D eigenvalue weighted by Crippen LogP contribution is 2.12. The van der Waals surface area contributed by atoms with Crippen LogP contribution in [-0.2, 0) is 6.42 Å². The van der Waals surface area contributed by atoms with Crippen LogP contribution in [-0.4, -0.2) is 6.29 Å². The largest absolute Gasteiger partial charge is 0.297 e. The van der Waals surface area contributed by atoms with E-state index in [1.54, 1.807) is 0 Å². The third kappa shape index (κ3) is 1.95. The summed E-state index contributed by atoms with van der Waals surface area (Å²) < 4.78 is 0. The number of thiophene rings is 1. The molecule has 0 N–H and O–H groups in total. The van der Waals surface area contributed by atoms with Gasteiger partial charge in [0, 0.05) is 0 Å². The lowest BCUT2D eigenvalue weighted by Gasteiger charge is -1.79. The maximum Gasteiger partial charge on any atom is 0.160 e. The van der Waals surface area contributed by atoms with E-state index >= 15 is 0 Å². The molecule has 0 aliphatic carbocycles. The molecule has 1 aromatic heterocycles. The summed E-state index contributed by atoms with van der Waals surface area (Å²) in [6.45, 7) is 2.08. The van der Waals surface area contributed by atoms with Crippen LogP contribution >= 0.6 is 11.3 Å². The first-order valence-electron chi connectivity index (χ1n) is 2.89. The molecule has 0 aliphatic rings. The Morgan fingerprint density at radius 3 is 2.70 bits per heavy atom. The summed E-state index contributed by atoms with van der Waals surface area (Å²) in [6, 6.07) is 1.93. The van der Waals surface area contributed by atoms with Crippen LogP contribution in [0, 0.1) is 0 Å². The number of aryl methyl sites for hydroxylation is 1. The zero-order chi connectivity index (χ0) is 6.69. The van der Waals surface area contributed by atoms with Gasteiger partial charge in [0.2, 0.25) is 0 Å². The Labute approximate surface area is 65.7 Å². The van der Waals surface area contributed by atoms with Crippen molar-refractivity contribution in [2.45, 2.75) is 20.8 Å². The zero-order valence-corrected chi connectivity index (χ0v) is 6.07. The van der Waals surface area contributed by atoms with Gasteiger partial charge in [0.1, 0.15) is 0 Å². The van der Waals surface area contributed by atoms with Gasteiger partial charge in [0.05, 0.1) is 4.88 Å². The second kappa shape index (κ2) is 4.23. The quantitative estimate of drug-likeness (QED) is 0.602. The maximum absolute atomic E-state index is 10.1. The molecule has 0 aromatic carbocycles. The number of carbonyl (C=O) groups excluding carboxylic acids is 1. The zero-order valence-electron chi connectivity index (χ0n) is 5.26. The average Bonchev–Trinajstić information content (AvgIpc) is 2.34. The highest BCUT2D eigenvalue weighted by Gasteiger charge is 1.93. The molecule has 0 unspecified atom stereocenters. The monoisotopic (exact) mass is 156 g/mol. The normalized spacial score (nSPS) is 8.50. The molecule has 0 fully saturated rings. The second-order valence-electron chi connectivity index (χ2n) is 1.83. The van der Waals surface area contributed by atoms with Crippen molar-refractivity contribution in [3.63, 3.8) is 0 Å². The van der Waals surface area contributed by atoms with Crippen molar-refractivity contribution in [2.24, 2.45) is 0 Å². The molecule has 0 atom stereocenters. The van der Waals surface area contributed by atoms with Gasteiger partial charge in [-0.15, -0.1) is 11.3 Å². The number of hydrogen-bond donors (Lipinski definition) is 0. The standard InChI is InChI=1S/C7H8OS.CH4/c1-2-6-3-7(4-8)9-5-6;/h3-5H,2H2,1H3;1H4. The molecule has 0 spiro atoms. The number of carbonyl (C=O) groups is 1. The first kappa shape index (κ1) is 9.37. The summed E-state index contributed by atoms with van der Waals surface area (Å²) in [6.07, 6.45) is 1.91. The maximum atomic E-state index is 10.1. The van der Waals surface area contributed by atoms with Crippen LogP contribution in [0.5, 0.6) is 0 Å². The van der Waals surface area contributed by atoms with Crippen LogP contribution in [0.4, 0.5) is 0 Å². The molecule has 56 valence electrons. The lowest BCUT2D eigenvalue weighted by Crippen LogP contribution is -1.70. The van der Waals surface area contributed by atoms with E-state index in [1.165, 1.54) is 16.9 Å². The van der Waals surface area contributed by atoms with Crippen LogP contribution < -0.4 is 0 Å². The summed E-state index contributed by atoms with van der Waals surface area (Å²) in [5.41, 5.74) is 1.25. The van der Waals surface area contributed by atoms with Gasteiger partial charge in [-0.3, -0.25) is 4.79 Å². The van der Waals surface area contributed by atoms with Crippen molar-refractivity contribution in [1.29, 1.82) is 0 Å². The van der Waals surface area contributed by atoms with E-state index in [9.17, 15) is 4.79 Å². The van der Waals surface area contributed by atoms with Crippen LogP contribution in [0.2, 0.25) is 0 Å². The summed E-state index contributed by atoms with van der Waals surface area (Å²) in [5.74, 6) is 0. The first-order chi connectivity index (χ1) is 4.36. The van der Waals surface area contributed by atoms with Gasteiger partial charge < -0.3 is 0 Å². The van der Waals surface area contributed by atoms with E-state index in [2.05, 4.69) is 6.92 Å². The predicted molar refractivity (Wildman–Crippen MR) is 45.8 cm³/mol.